The summed E-state index contributed by atoms with van der Waals surface area (Å²) < 4.78 is 5.19. The monoisotopic (exact) mass is 334 g/mol. The van der Waals surface area contributed by atoms with E-state index in [0.717, 1.165) is 5.56 Å². The molecule has 0 unspecified atom stereocenters. The van der Waals surface area contributed by atoms with E-state index in [9.17, 15) is 14.7 Å². The molecule has 0 aliphatic carbocycles. The Hall–Kier alpha value is -2.64. The number of benzene rings is 1. The molecule has 130 valence electrons. The Bertz CT molecular complexity index is 680. The van der Waals surface area contributed by atoms with Gasteiger partial charge in [0.15, 0.2) is 11.5 Å². The number of carbonyl (C=O) groups is 2. The largest absolute Gasteiger partial charge is 0.504 e. The molecule has 0 spiro atoms. The van der Waals surface area contributed by atoms with Gasteiger partial charge >= 0.3 is 12.1 Å². The quantitative estimate of drug-likeness (QED) is 0.754. The summed E-state index contributed by atoms with van der Waals surface area (Å²) in [6.45, 7) is 1.93. The zero-order valence-corrected chi connectivity index (χ0v) is 14.1. The summed E-state index contributed by atoms with van der Waals surface area (Å²) in [5, 5.41) is 15.7. The first-order chi connectivity index (χ1) is 11.3. The minimum atomic E-state index is -0.401. The Morgan fingerprint density at radius 2 is 1.79 bits per heavy atom. The second kappa shape index (κ2) is 5.77. The number of ether oxygens (including phenoxy) is 1. The number of phenols is 1. The van der Waals surface area contributed by atoms with E-state index in [4.69, 9.17) is 4.74 Å². The Morgan fingerprint density at radius 3 is 2.46 bits per heavy atom. The van der Waals surface area contributed by atoms with Crippen LogP contribution >= 0.6 is 0 Å². The fourth-order valence-electron chi connectivity index (χ4n) is 3.63. The van der Waals surface area contributed by atoms with Crippen molar-refractivity contribution < 1.29 is 19.4 Å². The molecule has 2 aliphatic rings. The number of aromatic hydroxyl groups is 1. The lowest BCUT2D eigenvalue weighted by Crippen LogP contribution is -2.71. The van der Waals surface area contributed by atoms with Gasteiger partial charge in [0.2, 0.25) is 0 Å². The lowest BCUT2D eigenvalue weighted by molar-refractivity contribution is 0.0247. The lowest BCUT2D eigenvalue weighted by Gasteiger charge is -2.52. The van der Waals surface area contributed by atoms with Gasteiger partial charge in [-0.05, 0) is 24.6 Å². The van der Waals surface area contributed by atoms with Gasteiger partial charge in [0.1, 0.15) is 6.17 Å². The second-order valence-electron chi connectivity index (χ2n) is 6.31. The summed E-state index contributed by atoms with van der Waals surface area (Å²) >= 11 is 0. The standard InChI is InChI=1S/C16H22N4O4/c1-8-12-13(9-5-6-10(21)11(7-9)24-4)19(2)16(23)18-14(12)20(3)15(22)17-8/h5-8,12-14,21H,1-4H3,(H,17,22)(H,18,23)/t8-,12+,13-,14+/m1/s1. The number of hydrogen-bond donors (Lipinski definition) is 3. The zero-order valence-electron chi connectivity index (χ0n) is 14.1. The highest BCUT2D eigenvalue weighted by Gasteiger charge is 2.49. The Morgan fingerprint density at radius 1 is 1.12 bits per heavy atom. The van der Waals surface area contributed by atoms with Gasteiger partial charge in [0, 0.05) is 26.1 Å². The van der Waals surface area contributed by atoms with Crippen LogP contribution in [-0.4, -0.2) is 60.4 Å². The van der Waals surface area contributed by atoms with Crippen molar-refractivity contribution in [2.45, 2.75) is 25.2 Å². The van der Waals surface area contributed by atoms with Gasteiger partial charge in [-0.25, -0.2) is 9.59 Å². The van der Waals surface area contributed by atoms with Gasteiger partial charge in [0.25, 0.3) is 0 Å². The molecule has 2 fully saturated rings. The topological polar surface area (TPSA) is 94.1 Å². The maximum atomic E-state index is 12.4. The van der Waals surface area contributed by atoms with E-state index in [1.165, 1.54) is 12.0 Å². The number of methoxy groups -OCH3 is 1. The van der Waals surface area contributed by atoms with Crippen LogP contribution in [0.2, 0.25) is 0 Å². The molecule has 0 aromatic heterocycles. The van der Waals surface area contributed by atoms with Crippen molar-refractivity contribution in [2.24, 2.45) is 5.92 Å². The number of hydrogen-bond acceptors (Lipinski definition) is 4. The third-order valence-corrected chi connectivity index (χ3v) is 4.95. The molecule has 2 saturated heterocycles. The predicted molar refractivity (Wildman–Crippen MR) is 86.7 cm³/mol. The Balaban J connectivity index is 2.06. The van der Waals surface area contributed by atoms with Crippen LogP contribution in [0.5, 0.6) is 11.5 Å². The molecule has 1 aromatic rings. The molecule has 8 nitrogen and oxygen atoms in total. The van der Waals surface area contributed by atoms with Crippen LogP contribution in [-0.2, 0) is 0 Å². The molecule has 0 saturated carbocycles. The highest BCUT2D eigenvalue weighted by atomic mass is 16.5. The minimum absolute atomic E-state index is 0.0443. The normalized spacial score (nSPS) is 29.7. The van der Waals surface area contributed by atoms with E-state index >= 15 is 0 Å². The highest BCUT2D eigenvalue weighted by molar-refractivity contribution is 5.80. The number of rotatable bonds is 2. The number of fused-ring (bicyclic) bond motifs is 1. The van der Waals surface area contributed by atoms with E-state index < -0.39 is 6.17 Å². The molecular weight excluding hydrogens is 312 g/mol. The van der Waals surface area contributed by atoms with Gasteiger partial charge < -0.3 is 30.3 Å². The van der Waals surface area contributed by atoms with Crippen molar-refractivity contribution in [2.75, 3.05) is 21.2 Å². The molecule has 1 aromatic carbocycles. The van der Waals surface area contributed by atoms with Gasteiger partial charge in [-0.3, -0.25) is 0 Å². The summed E-state index contributed by atoms with van der Waals surface area (Å²) in [6, 6.07) is 4.20. The van der Waals surface area contributed by atoms with Crippen molar-refractivity contribution in [3.8, 4) is 11.5 Å². The van der Waals surface area contributed by atoms with Crippen LogP contribution in [0.4, 0.5) is 9.59 Å². The van der Waals surface area contributed by atoms with Crippen LogP contribution < -0.4 is 15.4 Å². The van der Waals surface area contributed by atoms with E-state index in [1.54, 1.807) is 37.2 Å². The molecule has 2 aliphatic heterocycles. The average Bonchev–Trinajstić information content (AvgIpc) is 2.55. The van der Waals surface area contributed by atoms with Crippen LogP contribution in [0.15, 0.2) is 18.2 Å². The van der Waals surface area contributed by atoms with E-state index in [0.29, 0.717) is 5.75 Å². The zero-order chi connectivity index (χ0) is 17.6. The molecule has 8 heteroatoms. The number of phenolic OH excluding ortho intramolecular Hbond substituents is 1. The summed E-state index contributed by atoms with van der Waals surface area (Å²) in [5.41, 5.74) is 0.841. The van der Waals surface area contributed by atoms with E-state index in [2.05, 4.69) is 10.6 Å². The van der Waals surface area contributed by atoms with Crippen molar-refractivity contribution in [1.29, 1.82) is 0 Å². The molecule has 4 atom stereocenters. The molecule has 0 bridgehead atoms. The third kappa shape index (κ3) is 2.38. The van der Waals surface area contributed by atoms with Crippen LogP contribution in [0.1, 0.15) is 18.5 Å². The number of urea groups is 2. The maximum absolute atomic E-state index is 12.4. The van der Waals surface area contributed by atoms with E-state index in [1.807, 2.05) is 6.92 Å². The molecule has 3 N–H and O–H groups in total. The third-order valence-electron chi connectivity index (χ3n) is 4.95. The molecule has 4 amide bonds. The van der Waals surface area contributed by atoms with Crippen molar-refractivity contribution >= 4 is 12.1 Å². The number of nitrogens with one attached hydrogen (secondary N) is 2. The molecule has 3 rings (SSSR count). The van der Waals surface area contributed by atoms with Crippen LogP contribution in [0, 0.1) is 5.92 Å². The van der Waals surface area contributed by atoms with Crippen LogP contribution in [0.3, 0.4) is 0 Å². The summed E-state index contributed by atoms with van der Waals surface area (Å²) in [6.07, 6.45) is -0.401. The van der Waals surface area contributed by atoms with Crippen LogP contribution in [0.25, 0.3) is 0 Å². The van der Waals surface area contributed by atoms with Gasteiger partial charge in [-0.15, -0.1) is 0 Å². The predicted octanol–water partition coefficient (Wildman–Crippen LogP) is 1.08. The summed E-state index contributed by atoms with van der Waals surface area (Å²) in [4.78, 5) is 27.6. The van der Waals surface area contributed by atoms with Gasteiger partial charge in [-0.1, -0.05) is 6.07 Å². The number of amides is 4. The Labute approximate surface area is 140 Å². The smallest absolute Gasteiger partial charge is 0.319 e. The van der Waals surface area contributed by atoms with Gasteiger partial charge in [0.05, 0.1) is 13.2 Å². The summed E-state index contributed by atoms with van der Waals surface area (Å²) in [7, 11) is 4.87. The number of nitrogens with zero attached hydrogens (tertiary/aromatic N) is 2. The average molecular weight is 334 g/mol. The second-order valence-corrected chi connectivity index (χ2v) is 6.31. The molecule has 0 radical (unpaired) electrons. The van der Waals surface area contributed by atoms with Gasteiger partial charge in [-0.2, -0.15) is 0 Å². The molecule has 24 heavy (non-hydrogen) atoms. The lowest BCUT2D eigenvalue weighted by atomic mass is 9.81. The fourth-order valence-corrected chi connectivity index (χ4v) is 3.63. The minimum Gasteiger partial charge on any atom is -0.504 e. The van der Waals surface area contributed by atoms with Crippen molar-refractivity contribution in [3.05, 3.63) is 23.8 Å². The molecular formula is C16H22N4O4. The molecule has 2 heterocycles. The summed E-state index contributed by atoms with van der Waals surface area (Å²) in [5.74, 6) is 0.330. The first-order valence-corrected chi connectivity index (χ1v) is 7.78. The highest BCUT2D eigenvalue weighted by Crippen LogP contribution is 2.40. The first-order valence-electron chi connectivity index (χ1n) is 7.78. The number of carbonyl (C=O) groups excluding carboxylic acids is 2. The van der Waals surface area contributed by atoms with Crippen molar-refractivity contribution in [1.82, 2.24) is 20.4 Å². The fraction of sp³-hybridized carbons (Fsp3) is 0.500. The Kier molecular flexibility index (Phi) is 3.90. The van der Waals surface area contributed by atoms with E-state index in [-0.39, 0.29) is 35.8 Å². The first kappa shape index (κ1) is 16.2. The van der Waals surface area contributed by atoms with Crippen molar-refractivity contribution in [3.63, 3.8) is 0 Å². The SMILES string of the molecule is COc1cc([C@@H]2[C@H]3[C@@H](NC(=O)N2C)N(C)C(=O)N[C@@H]3C)ccc1O. The maximum Gasteiger partial charge on any atom is 0.319 e.